The van der Waals surface area contributed by atoms with E-state index < -0.39 is 0 Å². The summed E-state index contributed by atoms with van der Waals surface area (Å²) in [6, 6.07) is 6.07. The van der Waals surface area contributed by atoms with Crippen molar-refractivity contribution in [3.63, 3.8) is 0 Å². The van der Waals surface area contributed by atoms with Gasteiger partial charge in [0.15, 0.2) is 5.78 Å². The van der Waals surface area contributed by atoms with Gasteiger partial charge in [0.25, 0.3) is 0 Å². The molecule has 2 nitrogen and oxygen atoms in total. The van der Waals surface area contributed by atoms with Crippen LogP contribution in [0.5, 0.6) is 0 Å². The van der Waals surface area contributed by atoms with Gasteiger partial charge in [-0.05, 0) is 31.4 Å². The van der Waals surface area contributed by atoms with Crippen molar-refractivity contribution in [2.45, 2.75) is 124 Å². The first-order valence-electron chi connectivity index (χ1n) is 12.1. The predicted octanol–water partition coefficient (Wildman–Crippen LogP) is 9.76. The van der Waals surface area contributed by atoms with Crippen molar-refractivity contribution >= 4 is 17.4 Å². The summed E-state index contributed by atoms with van der Waals surface area (Å²) in [5, 5.41) is 0. The minimum atomic E-state index is 0. The molecule has 0 heterocycles. The Labute approximate surface area is 193 Å². The minimum absolute atomic E-state index is 0. The molecule has 30 heavy (non-hydrogen) atoms. The lowest BCUT2D eigenvalue weighted by Gasteiger charge is -2.07. The second-order valence-electron chi connectivity index (χ2n) is 8.37. The molecule has 0 saturated heterocycles. The lowest BCUT2D eigenvalue weighted by Crippen LogP contribution is -2.02. The number of hydrogen-bond donors (Lipinski definition) is 1. The molecule has 0 aliphatic heterocycles. The Morgan fingerprint density at radius 1 is 0.700 bits per heavy atom. The average molecular weight is 440 g/mol. The fourth-order valence-corrected chi connectivity index (χ4v) is 3.84. The summed E-state index contributed by atoms with van der Waals surface area (Å²) in [4.78, 5) is 12.4. The Morgan fingerprint density at radius 3 is 1.53 bits per heavy atom. The van der Waals surface area contributed by atoms with E-state index in [0.717, 1.165) is 17.5 Å². The molecule has 0 aromatic heterocycles. The van der Waals surface area contributed by atoms with Crippen LogP contribution in [0.4, 0.5) is 0 Å². The van der Waals surface area contributed by atoms with Gasteiger partial charge in [-0.2, -0.15) is 0 Å². The molecule has 0 spiro atoms. The topological polar surface area (TPSA) is 52.1 Å². The molecule has 176 valence electrons. The molecule has 3 heteroatoms. The molecule has 1 rings (SSSR count). The maximum absolute atomic E-state index is 12.4. The monoisotopic (exact) mass is 439 g/mol. The molecule has 0 saturated carbocycles. The van der Waals surface area contributed by atoms with Crippen LogP contribution in [-0.4, -0.2) is 12.2 Å². The lowest BCUT2D eigenvalue weighted by atomic mass is 9.97. The third-order valence-corrected chi connectivity index (χ3v) is 5.91. The highest BCUT2D eigenvalue weighted by Gasteiger charge is 2.09. The van der Waals surface area contributed by atoms with E-state index in [1.807, 2.05) is 12.1 Å². The quantitative estimate of drug-likeness (QED) is 0.149. The maximum atomic E-state index is 12.4. The molecular weight excluding hydrogens is 390 g/mol. The van der Waals surface area contributed by atoms with E-state index in [0.29, 0.717) is 12.2 Å². The van der Waals surface area contributed by atoms with Gasteiger partial charge in [-0.25, -0.2) is 0 Å². The molecule has 0 atom stereocenters. The van der Waals surface area contributed by atoms with Crippen LogP contribution < -0.4 is 6.15 Å². The van der Waals surface area contributed by atoms with Crippen molar-refractivity contribution in [2.24, 2.45) is 0 Å². The molecule has 0 aliphatic rings. The first-order valence-corrected chi connectivity index (χ1v) is 12.9. The third-order valence-electron chi connectivity index (χ3n) is 5.91. The fraction of sp³-hybridized carbons (Fsp3) is 0.741. The molecule has 1 aromatic carbocycles. The zero-order valence-corrected chi connectivity index (χ0v) is 21.3. The number of benzene rings is 1. The van der Waals surface area contributed by atoms with Crippen molar-refractivity contribution in [1.29, 1.82) is 0 Å². The molecule has 0 radical (unpaired) electrons. The molecule has 0 aliphatic carbocycles. The molecule has 1 aromatic rings. The van der Waals surface area contributed by atoms with Crippen LogP contribution in [0.2, 0.25) is 0 Å². The minimum Gasteiger partial charge on any atom is -0.344 e. The first-order chi connectivity index (χ1) is 14.2. The fourth-order valence-electron chi connectivity index (χ4n) is 3.84. The highest BCUT2D eigenvalue weighted by atomic mass is 35.5. The lowest BCUT2D eigenvalue weighted by molar-refractivity contribution is 0.0978. The molecule has 0 unspecified atom stereocenters. The average Bonchev–Trinajstić information content (AvgIpc) is 2.74. The van der Waals surface area contributed by atoms with Crippen LogP contribution in [0, 0.1) is 13.8 Å². The number of aryl methyl sites for hydroxylation is 1. The smallest absolute Gasteiger partial charge is 0.163 e. The summed E-state index contributed by atoms with van der Waals surface area (Å²) in [7, 11) is 0. The van der Waals surface area contributed by atoms with Crippen LogP contribution in [0.25, 0.3) is 0 Å². The highest BCUT2D eigenvalue weighted by Crippen LogP contribution is 2.17. The zero-order chi connectivity index (χ0) is 21.7. The van der Waals surface area contributed by atoms with Crippen molar-refractivity contribution in [1.82, 2.24) is 6.15 Å². The largest absolute Gasteiger partial charge is 0.344 e. The van der Waals surface area contributed by atoms with Gasteiger partial charge in [-0.3, -0.25) is 4.79 Å². The van der Waals surface area contributed by atoms with E-state index >= 15 is 0 Å². The summed E-state index contributed by atoms with van der Waals surface area (Å²) in [5.74, 6) is 0.325. The summed E-state index contributed by atoms with van der Waals surface area (Å²) < 4.78 is 0. The number of rotatable bonds is 17. The number of ketones is 1. The van der Waals surface area contributed by atoms with Crippen molar-refractivity contribution in [3.8, 4) is 0 Å². The second-order valence-corrected chi connectivity index (χ2v) is 8.37. The third kappa shape index (κ3) is 15.9. The van der Waals surface area contributed by atoms with Gasteiger partial charge < -0.3 is 6.15 Å². The van der Waals surface area contributed by atoms with Crippen LogP contribution in [-0.2, 0) is 0 Å². The number of Topliss-reactive ketones (excluding diaryl/α,β-unsaturated/α-hetero) is 1. The number of unbranched alkanes of at least 4 members (excludes halogenated alkanes) is 14. The standard InChI is InChI=1S/C26H44O.CH3Cl.H3N/c1-4-5-6-7-8-9-10-11-12-13-14-15-16-17-18-22-26(27)25-21-19-20-23(2)24(25)3;1-2;/h19-21H,4-18,22H2,1-3H3;1H3;1H3. The van der Waals surface area contributed by atoms with Crippen LogP contribution in [0.3, 0.4) is 0 Å². The van der Waals surface area contributed by atoms with Crippen molar-refractivity contribution in [3.05, 3.63) is 34.9 Å². The van der Waals surface area contributed by atoms with Crippen molar-refractivity contribution < 1.29 is 4.79 Å². The normalized spacial score (nSPS) is 10.2. The van der Waals surface area contributed by atoms with E-state index in [-0.39, 0.29) is 6.15 Å². The summed E-state index contributed by atoms with van der Waals surface area (Å²) in [6.07, 6.45) is 22.7. The van der Waals surface area contributed by atoms with Gasteiger partial charge >= 0.3 is 0 Å². The summed E-state index contributed by atoms with van der Waals surface area (Å²) in [6.45, 7) is 6.43. The molecule has 0 bridgehead atoms. The number of alkyl halides is 1. The number of carbonyl (C=O) groups excluding carboxylic acids is 1. The molecule has 3 N–H and O–H groups in total. The summed E-state index contributed by atoms with van der Waals surface area (Å²) in [5.41, 5.74) is 3.31. The SMILES string of the molecule is CCCCCCCCCCCCCCCCCC(=O)c1cccc(C)c1C.CCl.N. The van der Waals surface area contributed by atoms with Gasteiger partial charge in [-0.15, -0.1) is 11.6 Å². The number of hydrogen-bond acceptors (Lipinski definition) is 2. The zero-order valence-electron chi connectivity index (χ0n) is 20.5. The molecule has 0 amide bonds. The Balaban J connectivity index is 0. The number of carbonyl (C=O) groups is 1. The Kier molecular flexibility index (Phi) is 23.8. The maximum Gasteiger partial charge on any atom is 0.163 e. The highest BCUT2D eigenvalue weighted by molar-refractivity contribution is 6.15. The first kappa shape index (κ1) is 31.3. The van der Waals surface area contributed by atoms with Crippen LogP contribution >= 0.6 is 11.6 Å². The molecular formula is C27H50ClNO. The Morgan fingerprint density at radius 2 is 1.10 bits per heavy atom. The van der Waals surface area contributed by atoms with Crippen LogP contribution in [0.1, 0.15) is 131 Å². The van der Waals surface area contributed by atoms with Gasteiger partial charge in [0.2, 0.25) is 0 Å². The van der Waals surface area contributed by atoms with Gasteiger partial charge in [0.05, 0.1) is 0 Å². The van der Waals surface area contributed by atoms with Crippen molar-refractivity contribution in [2.75, 3.05) is 6.38 Å². The molecule has 0 fully saturated rings. The number of halogens is 1. The second kappa shape index (κ2) is 22.8. The van der Waals surface area contributed by atoms with E-state index in [4.69, 9.17) is 0 Å². The van der Waals surface area contributed by atoms with Gasteiger partial charge in [0, 0.05) is 18.4 Å². The summed E-state index contributed by atoms with van der Waals surface area (Å²) >= 11 is 4.64. The van der Waals surface area contributed by atoms with Crippen LogP contribution in [0.15, 0.2) is 18.2 Å². The van der Waals surface area contributed by atoms with E-state index in [1.54, 1.807) is 0 Å². The Bertz CT molecular complexity index is 516. The van der Waals surface area contributed by atoms with E-state index in [1.165, 1.54) is 102 Å². The van der Waals surface area contributed by atoms with E-state index in [2.05, 4.69) is 38.4 Å². The van der Waals surface area contributed by atoms with E-state index in [9.17, 15) is 4.79 Å². The van der Waals surface area contributed by atoms with Gasteiger partial charge in [-0.1, -0.05) is 115 Å². The predicted molar refractivity (Wildman–Crippen MR) is 137 cm³/mol. The van der Waals surface area contributed by atoms with Gasteiger partial charge in [0.1, 0.15) is 0 Å². The Hall–Kier alpha value is -0.860.